The van der Waals surface area contributed by atoms with E-state index in [1.807, 2.05) is 6.92 Å². The average molecular weight is 296 g/mol. The van der Waals surface area contributed by atoms with Crippen LogP contribution in [0, 0.1) is 5.92 Å². The van der Waals surface area contributed by atoms with E-state index in [-0.39, 0.29) is 12.1 Å². The molecular weight excluding hydrogens is 260 g/mol. The molecule has 2 atom stereocenters. The molecule has 0 radical (unpaired) electrons. The molecule has 0 aliphatic carbocycles. The van der Waals surface area contributed by atoms with Gasteiger partial charge in [-0.1, -0.05) is 71.1 Å². The third kappa shape index (κ3) is 10.8. The van der Waals surface area contributed by atoms with E-state index in [2.05, 4.69) is 6.92 Å². The Morgan fingerprint density at radius 2 is 1.19 bits per heavy atom. The highest BCUT2D eigenvalue weighted by molar-refractivity contribution is 5.69. The third-order valence-corrected chi connectivity index (χ3v) is 4.72. The Morgan fingerprint density at radius 1 is 0.714 bits per heavy atom. The molecule has 21 heavy (non-hydrogen) atoms. The van der Waals surface area contributed by atoms with Crippen LogP contribution in [0.3, 0.4) is 0 Å². The van der Waals surface area contributed by atoms with Gasteiger partial charge in [0.05, 0.1) is 6.10 Å². The van der Waals surface area contributed by atoms with Crippen LogP contribution in [0.25, 0.3) is 0 Å². The van der Waals surface area contributed by atoms with Crippen LogP contribution in [-0.2, 0) is 9.53 Å². The van der Waals surface area contributed by atoms with Crippen LogP contribution in [0.15, 0.2) is 0 Å². The molecule has 1 aliphatic heterocycles. The first-order valence-corrected chi connectivity index (χ1v) is 9.38. The lowest BCUT2D eigenvalue weighted by Gasteiger charge is -2.15. The van der Waals surface area contributed by atoms with E-state index in [9.17, 15) is 4.79 Å². The summed E-state index contributed by atoms with van der Waals surface area (Å²) in [4.78, 5) is 11.7. The van der Waals surface area contributed by atoms with Gasteiger partial charge < -0.3 is 4.74 Å². The zero-order valence-corrected chi connectivity index (χ0v) is 14.4. The molecule has 0 spiro atoms. The molecule has 0 N–H and O–H groups in total. The van der Waals surface area contributed by atoms with Crippen molar-refractivity contribution >= 4 is 5.97 Å². The van der Waals surface area contributed by atoms with Gasteiger partial charge in [-0.3, -0.25) is 4.79 Å². The lowest BCUT2D eigenvalue weighted by molar-refractivity contribution is -0.148. The summed E-state index contributed by atoms with van der Waals surface area (Å²) in [5.41, 5.74) is 0. The second kappa shape index (κ2) is 12.1. The van der Waals surface area contributed by atoms with Crippen molar-refractivity contribution in [2.75, 3.05) is 0 Å². The van der Waals surface area contributed by atoms with Gasteiger partial charge in [-0.05, 0) is 32.1 Å². The second-order valence-electron chi connectivity index (χ2n) is 7.06. The van der Waals surface area contributed by atoms with Crippen molar-refractivity contribution in [2.45, 2.75) is 110 Å². The number of hydrogen-bond acceptors (Lipinski definition) is 2. The lowest BCUT2D eigenvalue weighted by atomic mass is 9.96. The van der Waals surface area contributed by atoms with Gasteiger partial charge in [-0.25, -0.2) is 0 Å². The fraction of sp³-hybridized carbons (Fsp3) is 0.947. The van der Waals surface area contributed by atoms with Crippen molar-refractivity contribution in [2.24, 2.45) is 5.92 Å². The van der Waals surface area contributed by atoms with Gasteiger partial charge in [-0.2, -0.15) is 0 Å². The number of esters is 1. The van der Waals surface area contributed by atoms with Gasteiger partial charge in [0.2, 0.25) is 0 Å². The molecule has 1 fully saturated rings. The first-order valence-electron chi connectivity index (χ1n) is 9.38. The zero-order valence-electron chi connectivity index (χ0n) is 14.4. The van der Waals surface area contributed by atoms with Crippen molar-refractivity contribution in [1.29, 1.82) is 0 Å². The Bertz CT molecular complexity index is 262. The Labute approximate surface area is 132 Å². The summed E-state index contributed by atoms with van der Waals surface area (Å²) < 4.78 is 5.48. The quantitative estimate of drug-likeness (QED) is 0.510. The summed E-state index contributed by atoms with van der Waals surface area (Å²) in [6.07, 6.45) is 17.3. The molecular formula is C19H36O2. The molecule has 0 aromatic rings. The lowest BCUT2D eigenvalue weighted by Crippen LogP contribution is -2.14. The Morgan fingerprint density at radius 3 is 1.86 bits per heavy atom. The summed E-state index contributed by atoms with van der Waals surface area (Å²) in [6, 6.07) is 0. The molecule has 124 valence electrons. The SMILES string of the molecule is CC1CCCCCCCCCCC(=O)OC(C)CCCC1. The number of ether oxygens (including phenoxy) is 1. The van der Waals surface area contributed by atoms with Crippen LogP contribution in [-0.4, -0.2) is 12.1 Å². The molecule has 2 nitrogen and oxygen atoms in total. The molecule has 1 rings (SSSR count). The molecule has 0 aromatic heterocycles. The van der Waals surface area contributed by atoms with Crippen LogP contribution < -0.4 is 0 Å². The minimum absolute atomic E-state index is 0.0111. The van der Waals surface area contributed by atoms with E-state index in [0.29, 0.717) is 6.42 Å². The van der Waals surface area contributed by atoms with E-state index < -0.39 is 0 Å². The van der Waals surface area contributed by atoms with Crippen LogP contribution in [0.4, 0.5) is 0 Å². The van der Waals surface area contributed by atoms with E-state index in [1.165, 1.54) is 70.6 Å². The summed E-state index contributed by atoms with van der Waals surface area (Å²) in [5.74, 6) is 0.874. The molecule has 0 saturated carbocycles. The number of carbonyl (C=O) groups excluding carboxylic acids is 1. The smallest absolute Gasteiger partial charge is 0.306 e. The fourth-order valence-electron chi connectivity index (χ4n) is 3.23. The van der Waals surface area contributed by atoms with Gasteiger partial charge in [0.25, 0.3) is 0 Å². The van der Waals surface area contributed by atoms with Crippen LogP contribution in [0.5, 0.6) is 0 Å². The molecule has 1 saturated heterocycles. The van der Waals surface area contributed by atoms with E-state index in [1.54, 1.807) is 0 Å². The second-order valence-corrected chi connectivity index (χ2v) is 7.06. The number of carbonyl (C=O) groups is 1. The predicted octanol–water partition coefficient (Wildman–Crippen LogP) is 6.03. The summed E-state index contributed by atoms with van der Waals surface area (Å²) >= 11 is 0. The normalized spacial score (nSPS) is 29.1. The van der Waals surface area contributed by atoms with E-state index in [0.717, 1.165) is 18.8 Å². The van der Waals surface area contributed by atoms with E-state index in [4.69, 9.17) is 4.74 Å². The standard InChI is InChI=1S/C19H36O2/c1-17-13-9-7-5-3-4-6-8-10-16-19(20)21-18(2)15-12-11-14-17/h17-18H,3-16H2,1-2H3. The Kier molecular flexibility index (Phi) is 10.6. The monoisotopic (exact) mass is 296 g/mol. The number of rotatable bonds is 0. The maximum absolute atomic E-state index is 11.7. The minimum Gasteiger partial charge on any atom is -0.463 e. The first kappa shape index (κ1) is 18.5. The van der Waals surface area contributed by atoms with Crippen LogP contribution >= 0.6 is 0 Å². The highest BCUT2D eigenvalue weighted by Gasteiger charge is 2.10. The van der Waals surface area contributed by atoms with Crippen LogP contribution in [0.1, 0.15) is 104 Å². The van der Waals surface area contributed by atoms with Crippen molar-refractivity contribution in [3.63, 3.8) is 0 Å². The van der Waals surface area contributed by atoms with Crippen molar-refractivity contribution in [1.82, 2.24) is 0 Å². The first-order chi connectivity index (χ1) is 10.2. The average Bonchev–Trinajstić information content (AvgIpc) is 2.44. The van der Waals surface area contributed by atoms with Crippen molar-refractivity contribution in [3.05, 3.63) is 0 Å². The van der Waals surface area contributed by atoms with Crippen molar-refractivity contribution < 1.29 is 9.53 Å². The summed E-state index contributed by atoms with van der Waals surface area (Å²) in [5, 5.41) is 0. The summed E-state index contributed by atoms with van der Waals surface area (Å²) in [6.45, 7) is 4.43. The van der Waals surface area contributed by atoms with E-state index >= 15 is 0 Å². The van der Waals surface area contributed by atoms with Gasteiger partial charge in [0.15, 0.2) is 0 Å². The predicted molar refractivity (Wildman–Crippen MR) is 89.4 cm³/mol. The topological polar surface area (TPSA) is 26.3 Å². The number of cyclic esters (lactones) is 1. The molecule has 2 unspecified atom stereocenters. The fourth-order valence-corrected chi connectivity index (χ4v) is 3.23. The van der Waals surface area contributed by atoms with Gasteiger partial charge >= 0.3 is 5.97 Å². The Hall–Kier alpha value is -0.530. The number of hydrogen-bond donors (Lipinski definition) is 0. The third-order valence-electron chi connectivity index (χ3n) is 4.72. The molecule has 0 aromatic carbocycles. The highest BCUT2D eigenvalue weighted by atomic mass is 16.5. The van der Waals surface area contributed by atoms with Gasteiger partial charge in [-0.15, -0.1) is 0 Å². The van der Waals surface area contributed by atoms with Gasteiger partial charge in [0.1, 0.15) is 0 Å². The maximum atomic E-state index is 11.7. The summed E-state index contributed by atoms with van der Waals surface area (Å²) in [7, 11) is 0. The molecule has 1 aliphatic rings. The molecule has 2 heteroatoms. The highest BCUT2D eigenvalue weighted by Crippen LogP contribution is 2.19. The zero-order chi connectivity index (χ0) is 15.3. The molecule has 1 heterocycles. The Balaban J connectivity index is 2.27. The maximum Gasteiger partial charge on any atom is 0.306 e. The van der Waals surface area contributed by atoms with Crippen LogP contribution in [0.2, 0.25) is 0 Å². The van der Waals surface area contributed by atoms with Gasteiger partial charge in [0, 0.05) is 6.42 Å². The molecule has 0 amide bonds. The minimum atomic E-state index is 0.0111. The van der Waals surface area contributed by atoms with Crippen molar-refractivity contribution in [3.8, 4) is 0 Å². The largest absolute Gasteiger partial charge is 0.463 e. The molecule has 0 bridgehead atoms.